The fourth-order valence-electron chi connectivity index (χ4n) is 3.27. The highest BCUT2D eigenvalue weighted by Crippen LogP contribution is 2.38. The van der Waals surface area contributed by atoms with E-state index in [1.165, 1.54) is 55.6 Å². The predicted molar refractivity (Wildman–Crippen MR) is 81.2 cm³/mol. The second kappa shape index (κ2) is 6.04. The first-order valence-electron chi connectivity index (χ1n) is 7.03. The molecule has 4 heteroatoms. The number of nitrogens with one attached hydrogen (secondary N) is 1. The number of hydrogen-bond donors (Lipinski definition) is 1. The van der Waals surface area contributed by atoms with Crippen LogP contribution in [0, 0.1) is 5.92 Å². The number of hydrogen-bond acceptors (Lipinski definition) is 3. The normalized spacial score (nSPS) is 26.8. The molecule has 1 aromatic heterocycles. The van der Waals surface area contributed by atoms with Gasteiger partial charge in [0.25, 0.3) is 0 Å². The van der Waals surface area contributed by atoms with Gasteiger partial charge in [-0.2, -0.15) is 0 Å². The van der Waals surface area contributed by atoms with Crippen molar-refractivity contribution in [2.45, 2.75) is 31.7 Å². The Kier molecular flexibility index (Phi) is 4.39. The molecule has 1 unspecified atom stereocenters. The number of nitrogens with zero attached hydrogens (tertiary/aromatic N) is 1. The molecule has 2 aliphatic rings. The molecule has 1 N–H and O–H groups in total. The number of halogens is 1. The van der Waals surface area contributed by atoms with E-state index in [1.807, 2.05) is 11.3 Å². The molecule has 2 aliphatic heterocycles. The average molecular weight is 329 g/mol. The lowest BCUT2D eigenvalue weighted by Crippen LogP contribution is -2.35. The average Bonchev–Trinajstić information content (AvgIpc) is 2.99. The summed E-state index contributed by atoms with van der Waals surface area (Å²) in [5, 5.41) is 3.46. The fourth-order valence-corrected chi connectivity index (χ4v) is 4.86. The summed E-state index contributed by atoms with van der Waals surface area (Å²) < 4.78 is 1.27. The Labute approximate surface area is 122 Å². The summed E-state index contributed by atoms with van der Waals surface area (Å²) in [5.74, 6) is 0.912. The van der Waals surface area contributed by atoms with Gasteiger partial charge in [-0.15, -0.1) is 11.3 Å². The third-order valence-electron chi connectivity index (χ3n) is 4.24. The number of piperidine rings is 1. The van der Waals surface area contributed by atoms with Gasteiger partial charge in [0.15, 0.2) is 0 Å². The van der Waals surface area contributed by atoms with E-state index in [-0.39, 0.29) is 0 Å². The minimum absolute atomic E-state index is 0.691. The summed E-state index contributed by atoms with van der Waals surface area (Å²) in [6.07, 6.45) is 5.43. The highest BCUT2D eigenvalue weighted by atomic mass is 79.9. The molecule has 1 atom stereocenters. The molecule has 3 heterocycles. The standard InChI is InChI=1S/C14H21BrN2S/c15-14-4-3-13(18-14)12-2-1-9-17(12)10-11-5-7-16-8-6-11/h3-4,11-12,16H,1-2,5-10H2. The van der Waals surface area contributed by atoms with Gasteiger partial charge in [-0.1, -0.05) is 0 Å². The maximum atomic E-state index is 3.59. The van der Waals surface area contributed by atoms with Crippen LogP contribution in [-0.4, -0.2) is 31.1 Å². The SMILES string of the molecule is Brc1ccc(C2CCCN2CC2CCNCC2)s1. The molecule has 0 spiro atoms. The van der Waals surface area contributed by atoms with Crippen molar-refractivity contribution in [3.63, 3.8) is 0 Å². The van der Waals surface area contributed by atoms with E-state index < -0.39 is 0 Å². The second-order valence-electron chi connectivity index (χ2n) is 5.49. The molecule has 0 aromatic carbocycles. The van der Waals surface area contributed by atoms with Gasteiger partial charge in [0.1, 0.15) is 0 Å². The molecule has 3 rings (SSSR count). The molecule has 2 nitrogen and oxygen atoms in total. The summed E-state index contributed by atoms with van der Waals surface area (Å²) in [6.45, 7) is 5.04. The monoisotopic (exact) mass is 328 g/mol. The Morgan fingerprint density at radius 1 is 1.28 bits per heavy atom. The van der Waals surface area contributed by atoms with E-state index in [0.29, 0.717) is 6.04 Å². The minimum atomic E-state index is 0.691. The van der Waals surface area contributed by atoms with Crippen LogP contribution < -0.4 is 5.32 Å². The highest BCUT2D eigenvalue weighted by molar-refractivity contribution is 9.11. The lowest BCUT2D eigenvalue weighted by Gasteiger charge is -2.30. The Morgan fingerprint density at radius 2 is 2.11 bits per heavy atom. The zero-order valence-electron chi connectivity index (χ0n) is 10.7. The maximum absolute atomic E-state index is 3.59. The molecule has 0 amide bonds. The third kappa shape index (κ3) is 2.98. The van der Waals surface area contributed by atoms with Crippen LogP contribution in [0.3, 0.4) is 0 Å². The molecule has 0 bridgehead atoms. The van der Waals surface area contributed by atoms with E-state index in [2.05, 4.69) is 38.3 Å². The predicted octanol–water partition coefficient (Wildman–Crippen LogP) is 3.65. The third-order valence-corrected chi connectivity index (χ3v) is 5.96. The van der Waals surface area contributed by atoms with Gasteiger partial charge in [-0.25, -0.2) is 0 Å². The topological polar surface area (TPSA) is 15.3 Å². The summed E-state index contributed by atoms with van der Waals surface area (Å²) in [4.78, 5) is 4.28. The summed E-state index contributed by atoms with van der Waals surface area (Å²) >= 11 is 5.50. The van der Waals surface area contributed by atoms with Crippen molar-refractivity contribution >= 4 is 27.3 Å². The van der Waals surface area contributed by atoms with E-state index in [1.54, 1.807) is 4.88 Å². The molecule has 0 aliphatic carbocycles. The Balaban J connectivity index is 1.63. The van der Waals surface area contributed by atoms with E-state index >= 15 is 0 Å². The molecule has 1 aromatic rings. The van der Waals surface area contributed by atoms with Crippen LogP contribution in [0.2, 0.25) is 0 Å². The van der Waals surface area contributed by atoms with Crippen LogP contribution in [0.4, 0.5) is 0 Å². The molecular weight excluding hydrogens is 308 g/mol. The van der Waals surface area contributed by atoms with E-state index in [9.17, 15) is 0 Å². The van der Waals surface area contributed by atoms with Crippen LogP contribution in [0.25, 0.3) is 0 Å². The Morgan fingerprint density at radius 3 is 2.83 bits per heavy atom. The molecule has 18 heavy (non-hydrogen) atoms. The van der Waals surface area contributed by atoms with Crippen LogP contribution in [0.5, 0.6) is 0 Å². The molecule has 100 valence electrons. The van der Waals surface area contributed by atoms with Crippen LogP contribution in [-0.2, 0) is 0 Å². The van der Waals surface area contributed by atoms with Crippen LogP contribution >= 0.6 is 27.3 Å². The zero-order chi connectivity index (χ0) is 12.4. The van der Waals surface area contributed by atoms with E-state index in [4.69, 9.17) is 0 Å². The number of likely N-dealkylation sites (tertiary alicyclic amines) is 1. The first-order chi connectivity index (χ1) is 8.83. The first kappa shape index (κ1) is 13.1. The molecule has 0 saturated carbocycles. The lowest BCUT2D eigenvalue weighted by molar-refractivity contribution is 0.195. The van der Waals surface area contributed by atoms with Gasteiger partial charge < -0.3 is 5.32 Å². The second-order valence-corrected chi connectivity index (χ2v) is 7.98. The van der Waals surface area contributed by atoms with Gasteiger partial charge in [0.2, 0.25) is 0 Å². The summed E-state index contributed by atoms with van der Waals surface area (Å²) in [7, 11) is 0. The highest BCUT2D eigenvalue weighted by Gasteiger charge is 2.29. The first-order valence-corrected chi connectivity index (χ1v) is 8.64. The van der Waals surface area contributed by atoms with Crippen LogP contribution in [0.1, 0.15) is 36.6 Å². The smallest absolute Gasteiger partial charge is 0.0701 e. The minimum Gasteiger partial charge on any atom is -0.317 e. The van der Waals surface area contributed by atoms with Gasteiger partial charge in [0.05, 0.1) is 3.79 Å². The molecular formula is C14H21BrN2S. The van der Waals surface area contributed by atoms with Gasteiger partial charge in [-0.3, -0.25) is 4.90 Å². The van der Waals surface area contributed by atoms with Gasteiger partial charge in [-0.05, 0) is 79.3 Å². The fraction of sp³-hybridized carbons (Fsp3) is 0.714. The van der Waals surface area contributed by atoms with Gasteiger partial charge >= 0.3 is 0 Å². The van der Waals surface area contributed by atoms with Crippen molar-refractivity contribution in [1.29, 1.82) is 0 Å². The van der Waals surface area contributed by atoms with Crippen molar-refractivity contribution in [3.05, 3.63) is 20.8 Å². The quantitative estimate of drug-likeness (QED) is 0.911. The largest absolute Gasteiger partial charge is 0.317 e. The van der Waals surface area contributed by atoms with Crippen molar-refractivity contribution in [2.24, 2.45) is 5.92 Å². The van der Waals surface area contributed by atoms with Crippen molar-refractivity contribution < 1.29 is 0 Å². The van der Waals surface area contributed by atoms with Crippen molar-refractivity contribution in [1.82, 2.24) is 10.2 Å². The summed E-state index contributed by atoms with van der Waals surface area (Å²) in [6, 6.07) is 5.19. The number of thiophene rings is 1. The van der Waals surface area contributed by atoms with Crippen molar-refractivity contribution in [3.8, 4) is 0 Å². The van der Waals surface area contributed by atoms with Crippen molar-refractivity contribution in [2.75, 3.05) is 26.2 Å². The van der Waals surface area contributed by atoms with Crippen LogP contribution in [0.15, 0.2) is 15.9 Å². The summed E-state index contributed by atoms with van der Waals surface area (Å²) in [5.41, 5.74) is 0. The Bertz CT molecular complexity index is 387. The molecule has 2 saturated heterocycles. The molecule has 0 radical (unpaired) electrons. The lowest BCUT2D eigenvalue weighted by atomic mass is 9.97. The maximum Gasteiger partial charge on any atom is 0.0701 e. The zero-order valence-corrected chi connectivity index (χ0v) is 13.1. The van der Waals surface area contributed by atoms with E-state index in [0.717, 1.165) is 5.92 Å². The Hall–Kier alpha value is 0.1000. The van der Waals surface area contributed by atoms with Gasteiger partial charge in [0, 0.05) is 17.5 Å². The number of rotatable bonds is 3. The molecule has 2 fully saturated rings.